The largest absolute Gasteiger partial charge is 1.00 e. The number of hydrogen-bond acceptors (Lipinski definition) is 17. The van der Waals surface area contributed by atoms with Gasteiger partial charge in [-0.05, 0) is 53.2 Å². The van der Waals surface area contributed by atoms with Gasteiger partial charge in [-0.1, -0.05) is 55.7 Å². The van der Waals surface area contributed by atoms with Crippen LogP contribution in [0.5, 0.6) is 29.4 Å². The number of methoxy groups -OCH3 is 6. The summed E-state index contributed by atoms with van der Waals surface area (Å²) in [6.45, 7) is 10.8. The predicted molar refractivity (Wildman–Crippen MR) is 281 cm³/mol. The molecular formula is C41H58BBrCl5FN6NaO12S2. The van der Waals surface area contributed by atoms with E-state index >= 15 is 0 Å². The van der Waals surface area contributed by atoms with E-state index in [1.54, 1.807) is 102 Å². The van der Waals surface area contributed by atoms with Gasteiger partial charge in [-0.15, -0.1) is 11.6 Å². The van der Waals surface area contributed by atoms with E-state index in [9.17, 15) is 9.18 Å². The summed E-state index contributed by atoms with van der Waals surface area (Å²) >= 11 is 8.75. The van der Waals surface area contributed by atoms with Crippen LogP contribution in [0, 0.1) is 6.57 Å². The normalized spacial score (nSPS) is 8.51. The Labute approximate surface area is 475 Å². The van der Waals surface area contributed by atoms with Crippen LogP contribution in [0.2, 0.25) is 0 Å². The molecule has 3 radical (unpaired) electrons. The summed E-state index contributed by atoms with van der Waals surface area (Å²) in [5.74, 6) is 2.98. The number of aliphatic hydroxyl groups is 3. The van der Waals surface area contributed by atoms with Gasteiger partial charge >= 0.3 is 41.4 Å². The Bertz CT molecular complexity index is 2000. The van der Waals surface area contributed by atoms with Gasteiger partial charge in [-0.2, -0.15) is 0 Å². The van der Waals surface area contributed by atoms with E-state index in [2.05, 4.69) is 93.2 Å². The standard InChI is InChI=1S/C8H9NO3.C7H8ClNO.C7H6N2O.C7H9NO2.C6H6BrNO.C2H6O.C2H6.CH3F.CH4O.B.2Cl2OS.Na.H/c1-11-7-5-3-4-6(9-7)8(10)12-2;1-10-7-4-2-3-6(5-8)9-7;1-8-6-4-3-5-7(9-6)10-2;1-10-7-4-2-3-6(5-9)8-7;1-9-6-4-2-3-5(7)8-6;1-2-3;3*1-2;;2*1-4(2)3;;/h3-5H,1-2H3;2-4H,5H2,1H3;3-5H,2H3;2-4,9H,5H2,1H3;2-4H,1H3;3H,2H2,1H3;1-2H3;1H3;2H,1H3;;;;;/q;;;;;;;;;;;;+1;-1/i;;;;;;2*1D;;;;;;. The number of nitrogens with zero attached hydrogens (tertiary/aromatic N) is 6. The number of aromatic nitrogens is 5. The molecule has 389 valence electrons. The first-order chi connectivity index (χ1) is 33.4. The first-order valence-corrected chi connectivity index (χ1v) is 24.8. The van der Waals surface area contributed by atoms with Crippen molar-refractivity contribution >= 4 is 109 Å². The molecule has 0 aliphatic carbocycles. The Balaban J connectivity index is -0.0000000915. The second-order valence-electron chi connectivity index (χ2n) is 9.53. The van der Waals surface area contributed by atoms with Gasteiger partial charge in [-0.25, -0.2) is 33.1 Å². The third-order valence-corrected chi connectivity index (χ3v) is 6.25. The number of hydrogen-bond donors (Lipinski definition) is 3. The van der Waals surface area contributed by atoms with Crippen molar-refractivity contribution in [3.05, 3.63) is 124 Å². The number of alkyl halides is 2. The Morgan fingerprint density at radius 2 is 1.03 bits per heavy atom. The van der Waals surface area contributed by atoms with E-state index in [1.165, 1.54) is 21.3 Å². The number of pyridine rings is 5. The van der Waals surface area contributed by atoms with E-state index in [1.807, 2.05) is 24.3 Å². The van der Waals surface area contributed by atoms with Crippen molar-refractivity contribution in [1.29, 1.82) is 0 Å². The third kappa shape index (κ3) is 55.7. The van der Waals surface area contributed by atoms with Gasteiger partial charge in [0.15, 0.2) is 5.69 Å². The molecule has 0 spiro atoms. The van der Waals surface area contributed by atoms with Crippen molar-refractivity contribution in [3.8, 4) is 29.4 Å². The van der Waals surface area contributed by atoms with Crippen molar-refractivity contribution in [2.75, 3.05) is 63.5 Å². The first kappa shape index (κ1) is 78.3. The smallest absolute Gasteiger partial charge is 1.00 e. The van der Waals surface area contributed by atoms with E-state index in [0.717, 1.165) is 17.4 Å². The van der Waals surface area contributed by atoms with Gasteiger partial charge in [0.05, 0.1) is 75.1 Å². The van der Waals surface area contributed by atoms with Crippen molar-refractivity contribution in [1.82, 2.24) is 24.9 Å². The molecule has 0 saturated heterocycles. The van der Waals surface area contributed by atoms with Crippen LogP contribution >= 0.6 is 70.3 Å². The maximum Gasteiger partial charge on any atom is 1.00 e. The van der Waals surface area contributed by atoms with E-state index in [-0.39, 0.29) is 58.3 Å². The quantitative estimate of drug-likeness (QED) is 0.0361. The molecule has 0 aliphatic heterocycles. The zero-order valence-corrected chi connectivity index (χ0v) is 48.9. The van der Waals surface area contributed by atoms with Crippen LogP contribution in [0.25, 0.3) is 4.85 Å². The number of aliphatic hydroxyl groups excluding tert-OH is 3. The molecule has 5 heterocycles. The van der Waals surface area contributed by atoms with E-state index in [0.29, 0.717) is 53.7 Å². The molecule has 5 aromatic heterocycles. The molecule has 0 fully saturated rings. The molecule has 70 heavy (non-hydrogen) atoms. The summed E-state index contributed by atoms with van der Waals surface area (Å²) in [5.41, 5.74) is 1.71. The fraction of sp³-hybridized carbons (Fsp3) is 0.341. The Hall–Kier alpha value is -3.19. The summed E-state index contributed by atoms with van der Waals surface area (Å²) < 4.78 is 69.4. The van der Waals surface area contributed by atoms with E-state index < -0.39 is 31.6 Å². The van der Waals surface area contributed by atoms with E-state index in [4.69, 9.17) is 68.3 Å². The molecule has 5 aromatic rings. The molecule has 3 N–H and O–H groups in total. The van der Waals surface area contributed by atoms with Crippen LogP contribution < -0.4 is 53.2 Å². The van der Waals surface area contributed by atoms with Gasteiger partial charge in [0.25, 0.3) is 5.82 Å². The van der Waals surface area contributed by atoms with Gasteiger partial charge in [0.2, 0.25) is 42.0 Å². The number of carbonyl (C=O) groups is 1. The van der Waals surface area contributed by atoms with Crippen molar-refractivity contribution < 1.29 is 95.1 Å². The van der Waals surface area contributed by atoms with Crippen molar-refractivity contribution in [3.63, 3.8) is 0 Å². The third-order valence-electron chi connectivity index (χ3n) is 5.54. The fourth-order valence-electron chi connectivity index (χ4n) is 3.13. The molecular weight excluding hydrogens is 1140 g/mol. The SMILES string of the molecule is CCO.CO.COC(=O)c1cccc(OC)n1.COc1cccc(Br)n1.COc1cccc(CCl)n1.COc1cccc(CO)n1.O=S(Cl)Cl.O=S(Cl)Cl.[2H]CC.[2H]CF.[B].[C-]#[N+]c1cccc(OC)n1.[H-].[Na+]. The van der Waals surface area contributed by atoms with Crippen LogP contribution in [0.3, 0.4) is 0 Å². The summed E-state index contributed by atoms with van der Waals surface area (Å²) in [6.07, 6.45) is 0. The maximum atomic E-state index is 10.9. The van der Waals surface area contributed by atoms with Gasteiger partial charge in [-0.3, -0.25) is 4.39 Å². The van der Waals surface area contributed by atoms with Crippen molar-refractivity contribution in [2.45, 2.75) is 33.2 Å². The number of carbonyl (C=O) groups excluding carboxylic acids is 1. The summed E-state index contributed by atoms with van der Waals surface area (Å²) in [7, 11) is 23.8. The summed E-state index contributed by atoms with van der Waals surface area (Å²) in [4.78, 5) is 33.8. The molecule has 0 aromatic carbocycles. The minimum absolute atomic E-state index is 0. The molecule has 0 aliphatic rings. The number of ether oxygens (including phenoxy) is 6. The minimum atomic E-state index is -1.67. The Morgan fingerprint density at radius 3 is 1.36 bits per heavy atom. The first-order valence-electron chi connectivity index (χ1n) is 19.3. The summed E-state index contributed by atoms with van der Waals surface area (Å²) in [5, 5.41) is 23.2. The monoisotopic (exact) mass is 1200 g/mol. The molecule has 18 nitrogen and oxygen atoms in total. The second-order valence-corrected chi connectivity index (χ2v) is 15.7. The number of esters is 1. The van der Waals surface area contributed by atoms with Crippen molar-refractivity contribution in [2.24, 2.45) is 0 Å². The summed E-state index contributed by atoms with van der Waals surface area (Å²) in [6, 6.07) is 26.3. The Kier molecular flexibility index (Phi) is 71.4. The number of rotatable bonds is 8. The average Bonchev–Trinajstić information content (AvgIpc) is 3.37. The predicted octanol–water partition coefficient (Wildman–Crippen LogP) is 6.82. The Morgan fingerprint density at radius 1 is 0.714 bits per heavy atom. The molecule has 0 saturated carbocycles. The van der Waals surface area contributed by atoms with Crippen LogP contribution in [0.4, 0.5) is 10.2 Å². The van der Waals surface area contributed by atoms with Crippen LogP contribution in [-0.2, 0) is 35.7 Å². The number of halogens is 7. The maximum absolute atomic E-state index is 10.9. The topological polar surface area (TPSA) is 236 Å². The molecule has 29 heteroatoms. The van der Waals surface area contributed by atoms with Crippen LogP contribution in [0.15, 0.2) is 95.6 Å². The minimum Gasteiger partial charge on any atom is -1.00 e. The molecule has 0 bridgehead atoms. The zero-order chi connectivity index (χ0) is 55.1. The zero-order valence-electron chi connectivity index (χ0n) is 42.9. The van der Waals surface area contributed by atoms with Gasteiger partial charge in [0, 0.05) is 96.6 Å². The fourth-order valence-corrected chi connectivity index (χ4v) is 3.61. The second kappa shape index (κ2) is 63.8. The molecule has 5 rings (SSSR count). The van der Waals surface area contributed by atoms with Crippen LogP contribution in [-0.4, -0.2) is 127 Å². The van der Waals surface area contributed by atoms with Gasteiger partial charge in [0.1, 0.15) is 4.60 Å². The molecule has 0 unspecified atom stereocenters. The molecule has 0 atom stereocenters. The molecule has 0 amide bonds. The van der Waals surface area contributed by atoms with Gasteiger partial charge < -0.3 is 50.0 Å². The van der Waals surface area contributed by atoms with Crippen LogP contribution in [0.1, 0.15) is 46.8 Å². The average molecular weight is 1200 g/mol.